The Hall–Kier alpha value is -2.49. The summed E-state index contributed by atoms with van der Waals surface area (Å²) in [6.45, 7) is 4.81. The van der Waals surface area contributed by atoms with Gasteiger partial charge in [0.2, 0.25) is 15.9 Å². The van der Waals surface area contributed by atoms with Crippen LogP contribution in [0.25, 0.3) is 10.2 Å². The molecule has 4 rings (SSSR count). The largest absolute Gasteiger partial charge is 0.324 e. The van der Waals surface area contributed by atoms with Crippen LogP contribution >= 0.6 is 11.3 Å². The summed E-state index contributed by atoms with van der Waals surface area (Å²) in [4.78, 5) is 25.1. The van der Waals surface area contributed by atoms with Crippen molar-refractivity contribution in [2.75, 3.05) is 18.4 Å². The predicted octanol–water partition coefficient (Wildman–Crippen LogP) is 3.88. The summed E-state index contributed by atoms with van der Waals surface area (Å²) in [6.07, 6.45) is 3.81. The second-order valence-corrected chi connectivity index (χ2v) is 11.2. The van der Waals surface area contributed by atoms with Crippen molar-refractivity contribution in [1.29, 1.82) is 0 Å². The molecule has 9 heteroatoms. The summed E-state index contributed by atoms with van der Waals surface area (Å²) in [7, 11) is -3.60. The molecular weight excluding hydrogens is 446 g/mol. The van der Waals surface area contributed by atoms with Crippen molar-refractivity contribution in [1.82, 2.24) is 8.87 Å². The van der Waals surface area contributed by atoms with Gasteiger partial charge in [0, 0.05) is 18.8 Å². The van der Waals surface area contributed by atoms with E-state index in [2.05, 4.69) is 5.32 Å². The van der Waals surface area contributed by atoms with Crippen LogP contribution < -0.4 is 10.2 Å². The van der Waals surface area contributed by atoms with Gasteiger partial charge < -0.3 is 5.32 Å². The Balaban J connectivity index is 1.58. The maximum atomic E-state index is 13.1. The zero-order chi connectivity index (χ0) is 22.9. The molecule has 7 nitrogen and oxygen atoms in total. The minimum absolute atomic E-state index is 0.135. The van der Waals surface area contributed by atoms with Crippen LogP contribution in [0.15, 0.2) is 46.1 Å². The van der Waals surface area contributed by atoms with E-state index in [9.17, 15) is 18.0 Å². The number of nitrogens with zero attached hydrogens (tertiary/aromatic N) is 2. The van der Waals surface area contributed by atoms with Crippen LogP contribution in [0.2, 0.25) is 0 Å². The van der Waals surface area contributed by atoms with E-state index < -0.39 is 10.0 Å². The van der Waals surface area contributed by atoms with Gasteiger partial charge >= 0.3 is 4.87 Å². The number of thiazole rings is 1. The first-order chi connectivity index (χ1) is 15.3. The quantitative estimate of drug-likeness (QED) is 0.609. The van der Waals surface area contributed by atoms with Gasteiger partial charge in [-0.3, -0.25) is 14.2 Å². The number of nitrogens with one attached hydrogen (secondary N) is 1. The fourth-order valence-corrected chi connectivity index (χ4v) is 6.62. The van der Waals surface area contributed by atoms with E-state index in [1.165, 1.54) is 14.9 Å². The lowest BCUT2D eigenvalue weighted by molar-refractivity contribution is -0.116. The molecule has 0 aliphatic carbocycles. The van der Waals surface area contributed by atoms with Crippen LogP contribution in [-0.4, -0.2) is 36.3 Å². The lowest BCUT2D eigenvalue weighted by atomic mass is 10.1. The average molecular weight is 474 g/mol. The Bertz CT molecular complexity index is 1320. The third kappa shape index (κ3) is 4.65. The summed E-state index contributed by atoms with van der Waals surface area (Å²) in [5.74, 6) is -0.306. The number of fused-ring (bicyclic) bond motifs is 1. The van der Waals surface area contributed by atoms with Gasteiger partial charge in [-0.1, -0.05) is 41.9 Å². The molecule has 1 aliphatic heterocycles. The van der Waals surface area contributed by atoms with Gasteiger partial charge in [-0.15, -0.1) is 0 Å². The second-order valence-electron chi connectivity index (χ2n) is 8.27. The number of aromatic nitrogens is 1. The average Bonchev–Trinajstić information content (AvgIpc) is 2.92. The highest BCUT2D eigenvalue weighted by Crippen LogP contribution is 2.26. The first kappa shape index (κ1) is 22.7. The molecule has 1 N–H and O–H groups in total. The fraction of sp³-hybridized carbons (Fsp3) is 0.391. The summed E-state index contributed by atoms with van der Waals surface area (Å²) in [5.41, 5.74) is 3.32. The van der Waals surface area contributed by atoms with Crippen molar-refractivity contribution in [3.63, 3.8) is 0 Å². The molecular formula is C23H27N3O4S2. The monoisotopic (exact) mass is 473 g/mol. The van der Waals surface area contributed by atoms with E-state index in [0.29, 0.717) is 29.0 Å². The van der Waals surface area contributed by atoms with Gasteiger partial charge in [-0.25, -0.2) is 8.42 Å². The highest BCUT2D eigenvalue weighted by atomic mass is 32.2. The van der Waals surface area contributed by atoms with Crippen molar-refractivity contribution in [2.24, 2.45) is 0 Å². The number of carbonyl (C=O) groups excluding carboxylic acids is 1. The first-order valence-electron chi connectivity index (χ1n) is 10.8. The molecule has 0 saturated carbocycles. The van der Waals surface area contributed by atoms with Crippen LogP contribution in [-0.2, 0) is 21.4 Å². The molecule has 0 atom stereocenters. The number of aryl methyl sites for hydroxylation is 2. The van der Waals surface area contributed by atoms with E-state index >= 15 is 0 Å². The van der Waals surface area contributed by atoms with Crippen LogP contribution in [0.1, 0.15) is 36.8 Å². The van der Waals surface area contributed by atoms with Gasteiger partial charge in [0.25, 0.3) is 0 Å². The Labute approximate surface area is 191 Å². The lowest BCUT2D eigenvalue weighted by Gasteiger charge is -2.19. The molecule has 1 aliphatic rings. The first-order valence-corrected chi connectivity index (χ1v) is 13.0. The third-order valence-corrected chi connectivity index (χ3v) is 8.64. The number of anilines is 1. The molecule has 0 bridgehead atoms. The fourth-order valence-electron chi connectivity index (χ4n) is 4.08. The SMILES string of the molecule is Cc1ccc(NC(=O)Cn2c(=O)sc3cc(S(=O)(=O)N4CCCCCC4)ccc32)c(C)c1. The molecule has 1 amide bonds. The molecule has 3 aromatic rings. The van der Waals surface area contributed by atoms with Crippen molar-refractivity contribution >= 4 is 43.2 Å². The third-order valence-electron chi connectivity index (χ3n) is 5.80. The minimum Gasteiger partial charge on any atom is -0.324 e. The zero-order valence-corrected chi connectivity index (χ0v) is 19.9. The number of carbonyl (C=O) groups is 1. The van der Waals surface area contributed by atoms with Crippen LogP contribution in [0.3, 0.4) is 0 Å². The van der Waals surface area contributed by atoms with Crippen LogP contribution in [0.5, 0.6) is 0 Å². The highest BCUT2D eigenvalue weighted by molar-refractivity contribution is 7.89. The lowest BCUT2D eigenvalue weighted by Crippen LogP contribution is -2.31. The van der Waals surface area contributed by atoms with Crippen molar-refractivity contribution in [3.8, 4) is 0 Å². The van der Waals surface area contributed by atoms with Gasteiger partial charge in [-0.05, 0) is 56.5 Å². The Kier molecular flexibility index (Phi) is 6.50. The molecule has 2 heterocycles. The summed E-state index contributed by atoms with van der Waals surface area (Å²) in [5, 5.41) is 2.86. The number of rotatable bonds is 5. The van der Waals surface area contributed by atoms with Crippen molar-refractivity contribution in [3.05, 3.63) is 57.2 Å². The number of sulfonamides is 1. The van der Waals surface area contributed by atoms with Gasteiger partial charge in [0.05, 0.1) is 15.1 Å². The standard InChI is InChI=1S/C23H27N3O4S2/c1-16-7-9-19(17(2)13-16)24-22(27)15-26-20-10-8-18(14-21(20)31-23(26)28)32(29,30)25-11-5-3-4-6-12-25/h7-10,13-14H,3-6,11-12,15H2,1-2H3,(H,24,27). The molecule has 1 aromatic heterocycles. The molecule has 170 valence electrons. The summed E-state index contributed by atoms with van der Waals surface area (Å²) < 4.78 is 29.7. The highest BCUT2D eigenvalue weighted by Gasteiger charge is 2.26. The Morgan fingerprint density at radius 1 is 1.03 bits per heavy atom. The maximum Gasteiger partial charge on any atom is 0.308 e. The van der Waals surface area contributed by atoms with E-state index in [1.807, 2.05) is 32.0 Å². The van der Waals surface area contributed by atoms with E-state index in [1.54, 1.807) is 12.1 Å². The maximum absolute atomic E-state index is 13.1. The molecule has 0 unspecified atom stereocenters. The van der Waals surface area contributed by atoms with Crippen LogP contribution in [0, 0.1) is 13.8 Å². The van der Waals surface area contributed by atoms with E-state index in [-0.39, 0.29) is 22.2 Å². The molecule has 1 fully saturated rings. The van der Waals surface area contributed by atoms with Crippen LogP contribution in [0.4, 0.5) is 5.69 Å². The predicted molar refractivity (Wildman–Crippen MR) is 128 cm³/mol. The molecule has 0 spiro atoms. The summed E-state index contributed by atoms with van der Waals surface area (Å²) >= 11 is 0.958. The minimum atomic E-state index is -3.60. The van der Waals surface area contributed by atoms with Gasteiger partial charge in [0.1, 0.15) is 6.54 Å². The zero-order valence-electron chi connectivity index (χ0n) is 18.3. The Morgan fingerprint density at radius 2 is 1.75 bits per heavy atom. The van der Waals surface area contributed by atoms with Crippen molar-refractivity contribution < 1.29 is 13.2 Å². The van der Waals surface area contributed by atoms with Gasteiger partial charge in [-0.2, -0.15) is 4.31 Å². The number of benzene rings is 2. The van der Waals surface area contributed by atoms with E-state index in [4.69, 9.17) is 0 Å². The summed E-state index contributed by atoms with van der Waals surface area (Å²) in [6, 6.07) is 10.5. The second kappa shape index (κ2) is 9.17. The Morgan fingerprint density at radius 3 is 2.44 bits per heavy atom. The number of hydrogen-bond donors (Lipinski definition) is 1. The normalized spacial score (nSPS) is 15.6. The topological polar surface area (TPSA) is 88.5 Å². The molecule has 0 radical (unpaired) electrons. The molecule has 32 heavy (non-hydrogen) atoms. The molecule has 1 saturated heterocycles. The number of hydrogen-bond acceptors (Lipinski definition) is 5. The van der Waals surface area contributed by atoms with Gasteiger partial charge in [0.15, 0.2) is 0 Å². The van der Waals surface area contributed by atoms with E-state index in [0.717, 1.165) is 48.1 Å². The van der Waals surface area contributed by atoms with Crippen molar-refractivity contribution in [2.45, 2.75) is 51.0 Å². The smallest absolute Gasteiger partial charge is 0.308 e. The molecule has 2 aromatic carbocycles. The number of amides is 1.